The number of hydrogen-bond acceptors (Lipinski definition) is 6. The van der Waals surface area contributed by atoms with Crippen LogP contribution in [0.1, 0.15) is 64.2 Å². The first-order chi connectivity index (χ1) is 14.9. The number of hydrogen-bond donors (Lipinski definition) is 1. The van der Waals surface area contributed by atoms with Crippen molar-refractivity contribution in [1.29, 1.82) is 0 Å². The van der Waals surface area contributed by atoms with Gasteiger partial charge >= 0.3 is 11.9 Å². The number of methoxy groups -OCH3 is 1. The number of esters is 2. The summed E-state index contributed by atoms with van der Waals surface area (Å²) < 4.78 is 15.6. The van der Waals surface area contributed by atoms with Crippen LogP contribution in [0.25, 0.3) is 0 Å². The molecule has 0 aromatic rings. The number of rotatable bonds is 13. The van der Waals surface area contributed by atoms with Crippen molar-refractivity contribution in [3.05, 3.63) is 24.3 Å². The first-order valence-corrected chi connectivity index (χ1v) is 11.7. The second-order valence-electron chi connectivity index (χ2n) is 9.26. The van der Waals surface area contributed by atoms with E-state index in [0.29, 0.717) is 5.92 Å². The lowest BCUT2D eigenvalue weighted by Gasteiger charge is -2.32. The third kappa shape index (κ3) is 8.77. The van der Waals surface area contributed by atoms with E-state index in [4.69, 9.17) is 19.3 Å². The van der Waals surface area contributed by atoms with Crippen LogP contribution in [-0.2, 0) is 23.8 Å². The Morgan fingerprint density at radius 2 is 1.45 bits per heavy atom. The average Bonchev–Trinajstić information content (AvgIpc) is 3.33. The summed E-state index contributed by atoms with van der Waals surface area (Å²) in [6, 6.07) is 0. The van der Waals surface area contributed by atoms with Crippen LogP contribution >= 0.6 is 0 Å². The fourth-order valence-electron chi connectivity index (χ4n) is 4.95. The molecule has 31 heavy (non-hydrogen) atoms. The van der Waals surface area contributed by atoms with Crippen LogP contribution in [0, 0.1) is 23.7 Å². The lowest BCUT2D eigenvalue weighted by atomic mass is 9.73. The molecule has 0 amide bonds. The van der Waals surface area contributed by atoms with E-state index in [1.807, 2.05) is 0 Å². The molecule has 0 radical (unpaired) electrons. The Balaban J connectivity index is 1.79. The van der Waals surface area contributed by atoms with Crippen molar-refractivity contribution in [2.75, 3.05) is 33.5 Å². The molecule has 2 saturated carbocycles. The van der Waals surface area contributed by atoms with Gasteiger partial charge in [0, 0.05) is 13.0 Å². The van der Waals surface area contributed by atoms with Gasteiger partial charge in [0.1, 0.15) is 0 Å². The van der Waals surface area contributed by atoms with Crippen LogP contribution in [0.4, 0.5) is 0 Å². The first kappa shape index (κ1) is 25.6. The summed E-state index contributed by atoms with van der Waals surface area (Å²) in [7, 11) is 1.50. The quantitative estimate of drug-likeness (QED) is 0.344. The molecule has 2 fully saturated rings. The van der Waals surface area contributed by atoms with Gasteiger partial charge in [0.25, 0.3) is 0 Å². The molecule has 1 unspecified atom stereocenters. The zero-order chi connectivity index (χ0) is 22.6. The maximum atomic E-state index is 12.0. The molecule has 0 aromatic heterocycles. The molecule has 1 atom stereocenters. The molecule has 2 rings (SSSR count). The van der Waals surface area contributed by atoms with Crippen molar-refractivity contribution < 1.29 is 28.9 Å². The SMILES string of the molecule is C=C(CO)C(=O)OCC(CCC1CCC(C2CCCC2)CC1)COC(=O)C(=C)COC. The summed E-state index contributed by atoms with van der Waals surface area (Å²) >= 11 is 0. The molecule has 0 heterocycles. The van der Waals surface area contributed by atoms with Gasteiger partial charge < -0.3 is 19.3 Å². The topological polar surface area (TPSA) is 82.1 Å². The highest BCUT2D eigenvalue weighted by molar-refractivity contribution is 5.88. The molecule has 176 valence electrons. The normalized spacial score (nSPS) is 22.6. The lowest BCUT2D eigenvalue weighted by Crippen LogP contribution is -2.25. The summed E-state index contributed by atoms with van der Waals surface area (Å²) in [5.74, 6) is 1.35. The zero-order valence-electron chi connectivity index (χ0n) is 19.1. The van der Waals surface area contributed by atoms with Crippen LogP contribution in [0.3, 0.4) is 0 Å². The van der Waals surface area contributed by atoms with Gasteiger partial charge in [-0.3, -0.25) is 0 Å². The third-order valence-electron chi connectivity index (χ3n) is 6.93. The van der Waals surface area contributed by atoms with Crippen LogP contribution in [0.2, 0.25) is 0 Å². The monoisotopic (exact) mass is 436 g/mol. The van der Waals surface area contributed by atoms with Gasteiger partial charge in [-0.05, 0) is 43.4 Å². The number of aliphatic hydroxyl groups is 1. The van der Waals surface area contributed by atoms with Crippen molar-refractivity contribution in [1.82, 2.24) is 0 Å². The number of carbonyl (C=O) groups excluding carboxylic acids is 2. The average molecular weight is 437 g/mol. The molecule has 0 spiro atoms. The van der Waals surface area contributed by atoms with Gasteiger partial charge in [-0.15, -0.1) is 0 Å². The van der Waals surface area contributed by atoms with Crippen molar-refractivity contribution in [3.8, 4) is 0 Å². The largest absolute Gasteiger partial charge is 0.462 e. The maximum Gasteiger partial charge on any atom is 0.335 e. The third-order valence-corrected chi connectivity index (χ3v) is 6.93. The van der Waals surface area contributed by atoms with E-state index in [0.717, 1.165) is 24.7 Å². The van der Waals surface area contributed by atoms with Crippen molar-refractivity contribution in [2.24, 2.45) is 23.7 Å². The van der Waals surface area contributed by atoms with E-state index in [1.54, 1.807) is 0 Å². The first-order valence-electron chi connectivity index (χ1n) is 11.7. The molecular formula is C25H40O6. The molecule has 6 nitrogen and oxygen atoms in total. The second-order valence-corrected chi connectivity index (χ2v) is 9.26. The van der Waals surface area contributed by atoms with E-state index in [-0.39, 0.29) is 36.9 Å². The standard InChI is InChI=1S/C25H40O6/c1-18(14-26)24(27)30-16-21(17-31-25(28)19(2)15-29-3)9-8-20-10-12-23(13-11-20)22-6-4-5-7-22/h20-23,26H,1-2,4-17H2,3H3. The number of carbonyl (C=O) groups is 2. The predicted octanol–water partition coefficient (Wildman–Crippen LogP) is 4.22. The lowest BCUT2D eigenvalue weighted by molar-refractivity contribution is -0.145. The number of ether oxygens (including phenoxy) is 3. The van der Waals surface area contributed by atoms with Gasteiger partial charge in [-0.25, -0.2) is 9.59 Å². The van der Waals surface area contributed by atoms with Crippen molar-refractivity contribution in [3.63, 3.8) is 0 Å². The highest BCUT2D eigenvalue weighted by atomic mass is 16.5. The number of aliphatic hydroxyl groups excluding tert-OH is 1. The minimum Gasteiger partial charge on any atom is -0.462 e. The highest BCUT2D eigenvalue weighted by Gasteiger charge is 2.29. The Kier molecular flexibility index (Phi) is 11.3. The van der Waals surface area contributed by atoms with Crippen molar-refractivity contribution >= 4 is 11.9 Å². The molecule has 2 aliphatic carbocycles. The smallest absolute Gasteiger partial charge is 0.335 e. The van der Waals surface area contributed by atoms with Gasteiger partial charge in [0.05, 0.1) is 37.6 Å². The van der Waals surface area contributed by atoms with Crippen LogP contribution < -0.4 is 0 Å². The molecule has 6 heteroatoms. The van der Waals surface area contributed by atoms with Crippen molar-refractivity contribution in [2.45, 2.75) is 64.2 Å². The van der Waals surface area contributed by atoms with Crippen LogP contribution in [0.5, 0.6) is 0 Å². The zero-order valence-corrected chi connectivity index (χ0v) is 19.1. The summed E-state index contributed by atoms with van der Waals surface area (Å²) in [4.78, 5) is 23.9. The van der Waals surface area contributed by atoms with Gasteiger partial charge in [-0.1, -0.05) is 51.7 Å². The fraction of sp³-hybridized carbons (Fsp3) is 0.760. The highest BCUT2D eigenvalue weighted by Crippen LogP contribution is 2.42. The van der Waals surface area contributed by atoms with Gasteiger partial charge in [0.2, 0.25) is 0 Å². The minimum atomic E-state index is -0.611. The molecule has 0 saturated heterocycles. The molecule has 2 aliphatic rings. The summed E-state index contributed by atoms with van der Waals surface area (Å²) in [5, 5.41) is 9.04. The Morgan fingerprint density at radius 1 is 0.903 bits per heavy atom. The molecular weight excluding hydrogens is 396 g/mol. The summed E-state index contributed by atoms with van der Waals surface area (Å²) in [6.07, 6.45) is 12.7. The maximum absolute atomic E-state index is 12.0. The summed E-state index contributed by atoms with van der Waals surface area (Å²) in [6.45, 7) is 7.15. The van der Waals surface area contributed by atoms with E-state index in [1.165, 1.54) is 58.5 Å². The molecule has 0 bridgehead atoms. The molecule has 0 aliphatic heterocycles. The van der Waals surface area contributed by atoms with Gasteiger partial charge in [-0.2, -0.15) is 0 Å². The van der Waals surface area contributed by atoms with E-state index in [9.17, 15) is 9.59 Å². The van der Waals surface area contributed by atoms with Crippen LogP contribution in [-0.4, -0.2) is 50.6 Å². The molecule has 1 N–H and O–H groups in total. The Bertz CT molecular complexity index is 599. The van der Waals surface area contributed by atoms with Gasteiger partial charge in [0.15, 0.2) is 0 Å². The summed E-state index contributed by atoms with van der Waals surface area (Å²) in [5.41, 5.74) is 0.284. The van der Waals surface area contributed by atoms with E-state index in [2.05, 4.69) is 13.2 Å². The predicted molar refractivity (Wildman–Crippen MR) is 119 cm³/mol. The Hall–Kier alpha value is -1.66. The van der Waals surface area contributed by atoms with E-state index < -0.39 is 18.5 Å². The minimum absolute atomic E-state index is 0.0226. The Labute approximate surface area is 187 Å². The second kappa shape index (κ2) is 13.7. The molecule has 0 aromatic carbocycles. The van der Waals surface area contributed by atoms with Crippen LogP contribution in [0.15, 0.2) is 24.3 Å². The Morgan fingerprint density at radius 3 is 2.00 bits per heavy atom. The fourth-order valence-corrected chi connectivity index (χ4v) is 4.95. The van der Waals surface area contributed by atoms with E-state index >= 15 is 0 Å².